The molecule has 0 radical (unpaired) electrons. The number of aromatic nitrogens is 5. The molecule has 0 fully saturated rings. The van der Waals surface area contributed by atoms with Crippen LogP contribution in [0.1, 0.15) is 18.3 Å². The maximum absolute atomic E-state index is 6.02. The first-order valence-corrected chi connectivity index (χ1v) is 6.28. The van der Waals surface area contributed by atoms with E-state index in [4.69, 9.17) is 5.73 Å². The van der Waals surface area contributed by atoms with E-state index in [0.29, 0.717) is 12.5 Å². The number of fused-ring (bicyclic) bond motifs is 1. The molecule has 19 heavy (non-hydrogen) atoms. The van der Waals surface area contributed by atoms with Crippen LogP contribution in [-0.2, 0) is 20.0 Å². The average molecular weight is 256 g/mol. The van der Waals surface area contributed by atoms with Crippen molar-refractivity contribution in [3.63, 3.8) is 0 Å². The van der Waals surface area contributed by atoms with Crippen LogP contribution in [0.3, 0.4) is 0 Å². The van der Waals surface area contributed by atoms with Crippen LogP contribution in [0.5, 0.6) is 0 Å². The number of hydrogen-bond acceptors (Lipinski definition) is 4. The fourth-order valence-electron chi connectivity index (χ4n) is 2.31. The normalized spacial score (nSPS) is 11.3. The molecule has 0 atom stereocenters. The number of nitrogens with zero attached hydrogens (tertiary/aromatic N) is 5. The monoisotopic (exact) mass is 256 g/mol. The Labute approximate surface area is 110 Å². The van der Waals surface area contributed by atoms with Crippen LogP contribution in [0, 0.1) is 0 Å². The number of rotatable bonds is 3. The lowest BCUT2D eigenvalue weighted by atomic mass is 10.3. The molecule has 0 aliphatic heterocycles. The lowest BCUT2D eigenvalue weighted by Crippen LogP contribution is -2.08. The maximum atomic E-state index is 6.02. The van der Waals surface area contributed by atoms with Gasteiger partial charge in [-0.1, -0.05) is 13.0 Å². The molecule has 0 unspecified atom stereocenters. The Balaban J connectivity index is 2.13. The van der Waals surface area contributed by atoms with E-state index in [9.17, 15) is 0 Å². The number of hydrogen-bond donors (Lipinski definition) is 1. The van der Waals surface area contributed by atoms with Gasteiger partial charge in [0.25, 0.3) is 0 Å². The van der Waals surface area contributed by atoms with E-state index in [2.05, 4.69) is 22.0 Å². The summed E-state index contributed by atoms with van der Waals surface area (Å²) in [5.41, 5.74) is 9.78. The molecule has 3 rings (SSSR count). The van der Waals surface area contributed by atoms with Crippen molar-refractivity contribution in [3.8, 4) is 0 Å². The topological polar surface area (TPSA) is 74.6 Å². The number of aryl methyl sites for hydroxylation is 2. The molecule has 98 valence electrons. The van der Waals surface area contributed by atoms with Crippen molar-refractivity contribution < 1.29 is 0 Å². The minimum atomic E-state index is 0.503. The Morgan fingerprint density at radius 2 is 2.16 bits per heavy atom. The first-order valence-electron chi connectivity index (χ1n) is 6.28. The third kappa shape index (κ3) is 1.85. The van der Waals surface area contributed by atoms with Crippen molar-refractivity contribution in [1.82, 2.24) is 24.3 Å². The molecule has 6 heteroatoms. The van der Waals surface area contributed by atoms with Crippen LogP contribution >= 0.6 is 0 Å². The molecule has 2 N–H and O–H groups in total. The summed E-state index contributed by atoms with van der Waals surface area (Å²) in [4.78, 5) is 8.75. The minimum Gasteiger partial charge on any atom is -0.369 e. The maximum Gasteiger partial charge on any atom is 0.202 e. The second-order valence-corrected chi connectivity index (χ2v) is 4.47. The Bertz CT molecular complexity index is 710. The second-order valence-electron chi connectivity index (χ2n) is 4.47. The molecular formula is C13H16N6. The number of imidazole rings is 1. The highest BCUT2D eigenvalue weighted by Gasteiger charge is 2.17. The van der Waals surface area contributed by atoms with E-state index in [1.807, 2.05) is 34.5 Å². The molecule has 0 bridgehead atoms. The molecule has 3 aromatic rings. The van der Waals surface area contributed by atoms with Gasteiger partial charge in [0.05, 0.1) is 17.9 Å². The SMILES string of the molecule is CCc1nn(C)c2c1nc(N)n2Cc1ccccn1. The van der Waals surface area contributed by atoms with Gasteiger partial charge in [0.15, 0.2) is 5.65 Å². The summed E-state index contributed by atoms with van der Waals surface area (Å²) in [6.45, 7) is 2.67. The van der Waals surface area contributed by atoms with Crippen LogP contribution in [0.2, 0.25) is 0 Å². The number of nitrogens with two attached hydrogens (primary N) is 1. The molecule has 0 aliphatic carbocycles. The quantitative estimate of drug-likeness (QED) is 0.767. The first-order chi connectivity index (χ1) is 9.20. The molecule has 6 nitrogen and oxygen atoms in total. The van der Waals surface area contributed by atoms with Gasteiger partial charge in [0.2, 0.25) is 5.95 Å². The Kier molecular flexibility index (Phi) is 2.70. The summed E-state index contributed by atoms with van der Waals surface area (Å²) >= 11 is 0. The lowest BCUT2D eigenvalue weighted by molar-refractivity contribution is 0.713. The van der Waals surface area contributed by atoms with Gasteiger partial charge in [0.1, 0.15) is 5.52 Å². The molecule has 0 aliphatic rings. The van der Waals surface area contributed by atoms with Gasteiger partial charge in [-0.05, 0) is 18.6 Å². The largest absolute Gasteiger partial charge is 0.369 e. The molecular weight excluding hydrogens is 240 g/mol. The van der Waals surface area contributed by atoms with Crippen molar-refractivity contribution in [1.29, 1.82) is 0 Å². The highest BCUT2D eigenvalue weighted by Crippen LogP contribution is 2.21. The van der Waals surface area contributed by atoms with E-state index in [1.54, 1.807) is 6.20 Å². The molecule has 3 aromatic heterocycles. The van der Waals surface area contributed by atoms with Gasteiger partial charge in [-0.15, -0.1) is 0 Å². The van der Waals surface area contributed by atoms with Crippen molar-refractivity contribution in [3.05, 3.63) is 35.8 Å². The van der Waals surface area contributed by atoms with E-state index in [1.165, 1.54) is 0 Å². The number of nitrogen functional groups attached to an aromatic ring is 1. The molecule has 0 spiro atoms. The fraction of sp³-hybridized carbons (Fsp3) is 0.308. The number of pyridine rings is 1. The third-order valence-corrected chi connectivity index (χ3v) is 3.20. The lowest BCUT2D eigenvalue weighted by Gasteiger charge is -2.06. The van der Waals surface area contributed by atoms with E-state index >= 15 is 0 Å². The molecule has 3 heterocycles. The second kappa shape index (κ2) is 4.38. The summed E-state index contributed by atoms with van der Waals surface area (Å²) in [7, 11) is 1.91. The molecule has 0 saturated heterocycles. The van der Waals surface area contributed by atoms with Crippen molar-refractivity contribution in [2.75, 3.05) is 5.73 Å². The molecule has 0 amide bonds. The van der Waals surface area contributed by atoms with Gasteiger partial charge in [0, 0.05) is 13.2 Å². The highest BCUT2D eigenvalue weighted by molar-refractivity contribution is 5.77. The standard InChI is InChI=1S/C13H16N6/c1-3-10-11-12(18(2)17-10)19(13(14)16-11)8-9-6-4-5-7-15-9/h4-7H,3,8H2,1-2H3,(H2,14,16). The third-order valence-electron chi connectivity index (χ3n) is 3.20. The zero-order chi connectivity index (χ0) is 13.4. The summed E-state index contributed by atoms with van der Waals surface area (Å²) in [6, 6.07) is 5.84. The van der Waals surface area contributed by atoms with Gasteiger partial charge in [-0.2, -0.15) is 5.10 Å². The van der Waals surface area contributed by atoms with E-state index < -0.39 is 0 Å². The summed E-state index contributed by atoms with van der Waals surface area (Å²) in [6.07, 6.45) is 2.62. The molecule has 0 saturated carbocycles. The van der Waals surface area contributed by atoms with Crippen molar-refractivity contribution in [2.24, 2.45) is 7.05 Å². The predicted octanol–water partition coefficient (Wildman–Crippen LogP) is 1.36. The van der Waals surface area contributed by atoms with Gasteiger partial charge >= 0.3 is 0 Å². The zero-order valence-corrected chi connectivity index (χ0v) is 11.0. The van der Waals surface area contributed by atoms with E-state index in [-0.39, 0.29) is 0 Å². The zero-order valence-electron chi connectivity index (χ0n) is 11.0. The Morgan fingerprint density at radius 3 is 2.84 bits per heavy atom. The van der Waals surface area contributed by atoms with Crippen LogP contribution in [-0.4, -0.2) is 24.3 Å². The van der Waals surface area contributed by atoms with E-state index in [0.717, 1.165) is 29.0 Å². The van der Waals surface area contributed by atoms with Gasteiger partial charge in [-0.25, -0.2) is 4.98 Å². The summed E-state index contributed by atoms with van der Waals surface area (Å²) in [5, 5.41) is 4.47. The minimum absolute atomic E-state index is 0.503. The first kappa shape index (κ1) is 11.7. The Morgan fingerprint density at radius 1 is 1.32 bits per heavy atom. The van der Waals surface area contributed by atoms with Crippen molar-refractivity contribution in [2.45, 2.75) is 19.9 Å². The highest BCUT2D eigenvalue weighted by atomic mass is 15.3. The summed E-state index contributed by atoms with van der Waals surface area (Å²) < 4.78 is 3.78. The van der Waals surface area contributed by atoms with Crippen LogP contribution < -0.4 is 5.73 Å². The Hall–Kier alpha value is -2.37. The van der Waals surface area contributed by atoms with Crippen molar-refractivity contribution >= 4 is 17.1 Å². The fourth-order valence-corrected chi connectivity index (χ4v) is 2.31. The molecule has 0 aromatic carbocycles. The average Bonchev–Trinajstić information content (AvgIpc) is 2.90. The summed E-state index contributed by atoms with van der Waals surface area (Å²) in [5.74, 6) is 0.503. The predicted molar refractivity (Wildman–Crippen MR) is 73.6 cm³/mol. The van der Waals surface area contributed by atoms with Gasteiger partial charge in [-0.3, -0.25) is 14.2 Å². The smallest absolute Gasteiger partial charge is 0.202 e. The number of anilines is 1. The van der Waals surface area contributed by atoms with Crippen LogP contribution in [0.15, 0.2) is 24.4 Å². The van der Waals surface area contributed by atoms with Crippen LogP contribution in [0.25, 0.3) is 11.2 Å². The van der Waals surface area contributed by atoms with Crippen LogP contribution in [0.4, 0.5) is 5.95 Å². The van der Waals surface area contributed by atoms with Gasteiger partial charge < -0.3 is 5.73 Å².